The summed E-state index contributed by atoms with van der Waals surface area (Å²) in [4.78, 5) is 11.5. The smallest absolute Gasteiger partial charge is 0.335 e. The van der Waals surface area contributed by atoms with Crippen molar-refractivity contribution in [2.24, 2.45) is 0 Å². The highest BCUT2D eigenvalue weighted by molar-refractivity contribution is 6.37. The average molecular weight is 478 g/mol. The summed E-state index contributed by atoms with van der Waals surface area (Å²) in [5.74, 6) is -0.197. The Bertz CT molecular complexity index is 1090. The molecule has 0 spiro atoms. The summed E-state index contributed by atoms with van der Waals surface area (Å²) in [6.45, 7) is 2.12. The molecule has 0 aliphatic heterocycles. The number of rotatable bonds is 8. The van der Waals surface area contributed by atoms with Crippen LogP contribution in [0.5, 0.6) is 11.5 Å². The fraction of sp³-hybridized carbons (Fsp3) is 0.125. The summed E-state index contributed by atoms with van der Waals surface area (Å²) in [7, 11) is 0. The first-order chi connectivity index (χ1) is 14.9. The number of carboxylic acids is 1. The Morgan fingerprint density at radius 1 is 0.935 bits per heavy atom. The number of aliphatic carboxylic acids is 1. The van der Waals surface area contributed by atoms with Gasteiger partial charge in [-0.1, -0.05) is 77.3 Å². The first-order valence-electron chi connectivity index (χ1n) is 9.36. The molecule has 3 rings (SSSR count). The van der Waals surface area contributed by atoms with Gasteiger partial charge in [0.1, 0.15) is 19.0 Å². The van der Waals surface area contributed by atoms with Gasteiger partial charge < -0.3 is 14.6 Å². The number of halogens is 3. The van der Waals surface area contributed by atoms with Crippen molar-refractivity contribution in [3.8, 4) is 11.5 Å². The molecular formula is C24H19Cl3O4. The van der Waals surface area contributed by atoms with Crippen molar-refractivity contribution in [2.45, 2.75) is 20.1 Å². The number of carboxylic acid groups (broad SMARTS) is 1. The molecule has 0 amide bonds. The molecule has 0 radical (unpaired) electrons. The largest absolute Gasteiger partial charge is 0.489 e. The molecule has 0 fully saturated rings. The molecular weight excluding hydrogens is 459 g/mol. The summed E-state index contributed by atoms with van der Waals surface area (Å²) < 4.78 is 11.6. The molecule has 1 N–H and O–H groups in total. The van der Waals surface area contributed by atoms with Gasteiger partial charge in [-0.25, -0.2) is 4.79 Å². The van der Waals surface area contributed by atoms with Gasteiger partial charge in [-0.15, -0.1) is 0 Å². The normalized spacial score (nSPS) is 11.3. The van der Waals surface area contributed by atoms with Crippen molar-refractivity contribution in [1.82, 2.24) is 0 Å². The second kappa shape index (κ2) is 10.6. The van der Waals surface area contributed by atoms with Crippen LogP contribution >= 0.6 is 34.8 Å². The van der Waals surface area contributed by atoms with E-state index in [-0.39, 0.29) is 18.8 Å². The van der Waals surface area contributed by atoms with Gasteiger partial charge in [-0.3, -0.25) is 0 Å². The molecule has 0 atom stereocenters. The van der Waals surface area contributed by atoms with Crippen LogP contribution in [0, 0.1) is 0 Å². The highest BCUT2D eigenvalue weighted by atomic mass is 35.5. The minimum absolute atomic E-state index is 0.151. The molecule has 0 aliphatic carbocycles. The first-order valence-corrected chi connectivity index (χ1v) is 10.5. The van der Waals surface area contributed by atoms with Crippen LogP contribution in [0.2, 0.25) is 15.1 Å². The maximum atomic E-state index is 11.5. The quantitative estimate of drug-likeness (QED) is 0.346. The molecule has 31 heavy (non-hydrogen) atoms. The Morgan fingerprint density at radius 2 is 1.58 bits per heavy atom. The van der Waals surface area contributed by atoms with Crippen molar-refractivity contribution in [1.29, 1.82) is 0 Å². The van der Waals surface area contributed by atoms with E-state index < -0.39 is 5.97 Å². The monoisotopic (exact) mass is 476 g/mol. The van der Waals surface area contributed by atoms with Crippen LogP contribution in [-0.4, -0.2) is 11.1 Å². The van der Waals surface area contributed by atoms with E-state index in [0.29, 0.717) is 32.1 Å². The van der Waals surface area contributed by atoms with E-state index in [1.807, 2.05) is 24.3 Å². The average Bonchev–Trinajstić information content (AvgIpc) is 2.74. The Kier molecular flexibility index (Phi) is 7.85. The van der Waals surface area contributed by atoms with Crippen LogP contribution in [-0.2, 0) is 18.0 Å². The van der Waals surface area contributed by atoms with E-state index in [1.165, 1.54) is 0 Å². The molecule has 7 heteroatoms. The second-order valence-electron chi connectivity index (χ2n) is 6.58. The van der Waals surface area contributed by atoms with Gasteiger partial charge in [0.2, 0.25) is 0 Å². The lowest BCUT2D eigenvalue weighted by Crippen LogP contribution is -2.05. The maximum absolute atomic E-state index is 11.5. The van der Waals surface area contributed by atoms with Gasteiger partial charge in [0.15, 0.2) is 5.75 Å². The molecule has 0 heterocycles. The lowest BCUT2D eigenvalue weighted by atomic mass is 10.00. The zero-order valence-electron chi connectivity index (χ0n) is 16.6. The summed E-state index contributed by atoms with van der Waals surface area (Å²) in [5, 5.41) is 10.7. The Morgan fingerprint density at radius 3 is 2.19 bits per heavy atom. The minimum atomic E-state index is -0.997. The van der Waals surface area contributed by atoms with Crippen molar-refractivity contribution in [3.63, 3.8) is 0 Å². The number of allylic oxidation sites excluding steroid dienone is 1. The molecule has 0 saturated heterocycles. The molecule has 4 nitrogen and oxygen atoms in total. The number of hydrogen-bond donors (Lipinski definition) is 1. The Hall–Kier alpha value is -2.66. The predicted octanol–water partition coefficient (Wildman–Crippen LogP) is 7.29. The Balaban J connectivity index is 1.73. The van der Waals surface area contributed by atoms with Gasteiger partial charge in [-0.05, 0) is 35.7 Å². The fourth-order valence-electron chi connectivity index (χ4n) is 2.96. The minimum Gasteiger partial charge on any atom is -0.489 e. The fourth-order valence-corrected chi connectivity index (χ4v) is 3.66. The summed E-state index contributed by atoms with van der Waals surface area (Å²) >= 11 is 18.6. The summed E-state index contributed by atoms with van der Waals surface area (Å²) in [6.07, 6.45) is 1.56. The van der Waals surface area contributed by atoms with Crippen LogP contribution in [0.25, 0.3) is 5.57 Å². The standard InChI is InChI=1S/C24H19Cl3O4/c1-2-19(24(28)29)20-6-4-3-5-16(20)14-30-18-11-21(26)23(22(27)12-18)31-13-15-7-9-17(25)10-8-15/h2-12H,13-14H2,1H3,(H,28,29)/b19-2+. The van der Waals surface area contributed by atoms with Gasteiger partial charge >= 0.3 is 5.97 Å². The molecule has 3 aromatic rings. The first kappa shape index (κ1) is 23.0. The number of hydrogen-bond acceptors (Lipinski definition) is 3. The van der Waals surface area contributed by atoms with Crippen LogP contribution < -0.4 is 9.47 Å². The van der Waals surface area contributed by atoms with Crippen LogP contribution in [0.3, 0.4) is 0 Å². The summed E-state index contributed by atoms with van der Waals surface area (Å²) in [5.41, 5.74) is 2.46. The molecule has 160 valence electrons. The van der Waals surface area contributed by atoms with Crippen LogP contribution in [0.15, 0.2) is 66.7 Å². The van der Waals surface area contributed by atoms with E-state index in [4.69, 9.17) is 44.3 Å². The summed E-state index contributed by atoms with van der Waals surface area (Å²) in [6, 6.07) is 17.7. The molecule has 3 aromatic carbocycles. The van der Waals surface area contributed by atoms with Crippen molar-refractivity contribution in [3.05, 3.63) is 98.5 Å². The highest BCUT2D eigenvalue weighted by Gasteiger charge is 2.15. The van der Waals surface area contributed by atoms with Gasteiger partial charge in [0.05, 0.1) is 15.6 Å². The van der Waals surface area contributed by atoms with E-state index in [1.54, 1.807) is 49.4 Å². The third kappa shape index (κ3) is 5.95. The van der Waals surface area contributed by atoms with Gasteiger partial charge in [0.25, 0.3) is 0 Å². The lowest BCUT2D eigenvalue weighted by Gasteiger charge is -2.14. The lowest BCUT2D eigenvalue weighted by molar-refractivity contribution is -0.130. The molecule has 0 aliphatic rings. The van der Waals surface area contributed by atoms with Crippen molar-refractivity contribution < 1.29 is 19.4 Å². The molecule has 0 bridgehead atoms. The zero-order valence-corrected chi connectivity index (χ0v) is 18.8. The maximum Gasteiger partial charge on any atom is 0.335 e. The molecule has 0 aromatic heterocycles. The van der Waals surface area contributed by atoms with E-state index >= 15 is 0 Å². The molecule has 0 unspecified atom stereocenters. The number of ether oxygens (including phenoxy) is 2. The zero-order chi connectivity index (χ0) is 22.4. The number of benzene rings is 3. The van der Waals surface area contributed by atoms with Crippen molar-refractivity contribution in [2.75, 3.05) is 0 Å². The van der Waals surface area contributed by atoms with Gasteiger partial charge in [-0.2, -0.15) is 0 Å². The highest BCUT2D eigenvalue weighted by Crippen LogP contribution is 2.38. The van der Waals surface area contributed by atoms with Gasteiger partial charge in [0, 0.05) is 17.2 Å². The number of carbonyl (C=O) groups is 1. The third-order valence-corrected chi connectivity index (χ3v) is 5.30. The van der Waals surface area contributed by atoms with E-state index in [0.717, 1.165) is 11.1 Å². The van der Waals surface area contributed by atoms with E-state index in [9.17, 15) is 9.90 Å². The SMILES string of the molecule is C/C=C(/C(=O)O)c1ccccc1COc1cc(Cl)c(OCc2ccc(Cl)cc2)c(Cl)c1. The second-order valence-corrected chi connectivity index (χ2v) is 7.84. The Labute approximate surface area is 195 Å². The topological polar surface area (TPSA) is 55.8 Å². The van der Waals surface area contributed by atoms with Crippen molar-refractivity contribution >= 4 is 46.3 Å². The van der Waals surface area contributed by atoms with E-state index in [2.05, 4.69) is 0 Å². The third-order valence-electron chi connectivity index (χ3n) is 4.49. The predicted molar refractivity (Wildman–Crippen MR) is 124 cm³/mol. The van der Waals surface area contributed by atoms with Crippen LogP contribution in [0.4, 0.5) is 0 Å². The molecule has 0 saturated carbocycles. The van der Waals surface area contributed by atoms with Crippen LogP contribution in [0.1, 0.15) is 23.6 Å².